The molecule has 0 bridgehead atoms. The number of amides is 2. The molecule has 1 unspecified atom stereocenters. The van der Waals surface area contributed by atoms with E-state index in [0.717, 1.165) is 22.3 Å². The summed E-state index contributed by atoms with van der Waals surface area (Å²) < 4.78 is 5.49. The minimum absolute atomic E-state index is 0.0631. The Kier molecular flexibility index (Phi) is 7.14. The summed E-state index contributed by atoms with van der Waals surface area (Å²) in [5.41, 5.74) is 5.43. The maximum absolute atomic E-state index is 13.0. The number of carbonyl (C=O) groups is 3. The monoisotopic (exact) mass is 520 g/mol. The lowest BCUT2D eigenvalue weighted by Gasteiger charge is -2.19. The predicted molar refractivity (Wildman–Crippen MR) is 150 cm³/mol. The van der Waals surface area contributed by atoms with E-state index in [1.807, 2.05) is 62.4 Å². The van der Waals surface area contributed by atoms with Gasteiger partial charge in [-0.25, -0.2) is 0 Å². The van der Waals surface area contributed by atoms with Gasteiger partial charge in [0.15, 0.2) is 0 Å². The molecule has 39 heavy (non-hydrogen) atoms. The van der Waals surface area contributed by atoms with Gasteiger partial charge in [-0.1, -0.05) is 48.0 Å². The van der Waals surface area contributed by atoms with Crippen LogP contribution in [0.2, 0.25) is 0 Å². The van der Waals surface area contributed by atoms with Crippen LogP contribution in [-0.2, 0) is 9.59 Å². The first-order chi connectivity index (χ1) is 18.8. The maximum atomic E-state index is 13.0. The van der Waals surface area contributed by atoms with E-state index in [1.54, 1.807) is 47.4 Å². The normalized spacial score (nSPS) is 14.8. The van der Waals surface area contributed by atoms with Crippen LogP contribution in [-0.4, -0.2) is 29.4 Å². The number of aromatic hydroxyl groups is 1. The predicted octanol–water partition coefficient (Wildman–Crippen LogP) is 5.89. The molecule has 7 nitrogen and oxygen atoms in total. The zero-order valence-corrected chi connectivity index (χ0v) is 21.7. The molecule has 1 heterocycles. The number of hydrogen-bond acceptors (Lipinski definition) is 5. The number of benzene rings is 4. The number of carbonyl (C=O) groups excluding carboxylic acids is 3. The molecule has 0 radical (unpaired) electrons. The lowest BCUT2D eigenvalue weighted by Crippen LogP contribution is -2.27. The SMILES string of the molecule is Cc1ccc(OC(=O)C2CC(=O)N(c3ccc(C)c(NC(=O)c4ccc(-c5ccc(O)cc5)cc4)c3)C2)cc1. The first kappa shape index (κ1) is 25.7. The van der Waals surface area contributed by atoms with E-state index in [4.69, 9.17) is 4.74 Å². The first-order valence-electron chi connectivity index (χ1n) is 12.7. The molecule has 1 fully saturated rings. The lowest BCUT2D eigenvalue weighted by atomic mass is 10.0. The fourth-order valence-electron chi connectivity index (χ4n) is 4.50. The molecule has 0 aliphatic carbocycles. The average Bonchev–Trinajstić information content (AvgIpc) is 3.33. The van der Waals surface area contributed by atoms with E-state index in [1.165, 1.54) is 0 Å². The molecule has 2 N–H and O–H groups in total. The zero-order chi connectivity index (χ0) is 27.5. The van der Waals surface area contributed by atoms with Gasteiger partial charge in [-0.05, 0) is 79.1 Å². The van der Waals surface area contributed by atoms with E-state index in [2.05, 4.69) is 5.32 Å². The maximum Gasteiger partial charge on any atom is 0.316 e. The zero-order valence-electron chi connectivity index (χ0n) is 21.7. The van der Waals surface area contributed by atoms with Gasteiger partial charge in [-0.3, -0.25) is 14.4 Å². The molecule has 0 saturated carbocycles. The highest BCUT2D eigenvalue weighted by Gasteiger charge is 2.36. The van der Waals surface area contributed by atoms with Crippen molar-refractivity contribution in [3.8, 4) is 22.6 Å². The third-order valence-electron chi connectivity index (χ3n) is 6.83. The van der Waals surface area contributed by atoms with Gasteiger partial charge in [0.25, 0.3) is 5.91 Å². The highest BCUT2D eigenvalue weighted by Crippen LogP contribution is 2.30. The number of aryl methyl sites for hydroxylation is 2. The summed E-state index contributed by atoms with van der Waals surface area (Å²) in [5, 5.41) is 12.4. The van der Waals surface area contributed by atoms with Crippen molar-refractivity contribution >= 4 is 29.2 Å². The average molecular weight is 521 g/mol. The lowest BCUT2D eigenvalue weighted by molar-refractivity contribution is -0.139. The van der Waals surface area contributed by atoms with Crippen LogP contribution in [0.15, 0.2) is 91.0 Å². The molecule has 0 aromatic heterocycles. The summed E-state index contributed by atoms with van der Waals surface area (Å²) in [6, 6.07) is 26.6. The quantitative estimate of drug-likeness (QED) is 0.244. The van der Waals surface area contributed by atoms with E-state index >= 15 is 0 Å². The number of phenols is 1. The van der Waals surface area contributed by atoms with Crippen LogP contribution in [0.25, 0.3) is 11.1 Å². The first-order valence-corrected chi connectivity index (χ1v) is 12.7. The standard InChI is InChI=1S/C32H28N2O5/c1-20-3-15-28(16-4-20)39-32(38)25-17-30(36)34(19-25)26-12-5-21(2)29(18-26)33-31(37)24-8-6-22(7-9-24)23-10-13-27(35)14-11-23/h3-16,18,25,35H,17,19H2,1-2H3,(H,33,37). The van der Waals surface area contributed by atoms with Gasteiger partial charge in [-0.15, -0.1) is 0 Å². The number of nitrogens with zero attached hydrogens (tertiary/aromatic N) is 1. The molecule has 196 valence electrons. The van der Waals surface area contributed by atoms with Gasteiger partial charge in [0.2, 0.25) is 5.91 Å². The minimum atomic E-state index is -0.578. The van der Waals surface area contributed by atoms with Gasteiger partial charge >= 0.3 is 5.97 Å². The van der Waals surface area contributed by atoms with Gasteiger partial charge in [0, 0.05) is 29.9 Å². The Balaban J connectivity index is 1.26. The van der Waals surface area contributed by atoms with Crippen molar-refractivity contribution in [2.24, 2.45) is 5.92 Å². The van der Waals surface area contributed by atoms with Crippen molar-refractivity contribution in [2.75, 3.05) is 16.8 Å². The van der Waals surface area contributed by atoms with Gasteiger partial charge in [0.1, 0.15) is 11.5 Å². The number of nitrogens with one attached hydrogen (secondary N) is 1. The molecule has 5 rings (SSSR count). The third-order valence-corrected chi connectivity index (χ3v) is 6.83. The van der Waals surface area contributed by atoms with Crippen molar-refractivity contribution in [1.82, 2.24) is 0 Å². The Bertz CT molecular complexity index is 1530. The number of esters is 1. The van der Waals surface area contributed by atoms with Crippen LogP contribution in [0.5, 0.6) is 11.5 Å². The second kappa shape index (κ2) is 10.8. The molecular weight excluding hydrogens is 492 g/mol. The Morgan fingerprint density at radius 1 is 0.872 bits per heavy atom. The van der Waals surface area contributed by atoms with Gasteiger partial charge in [0.05, 0.1) is 5.92 Å². The highest BCUT2D eigenvalue weighted by molar-refractivity contribution is 6.06. The summed E-state index contributed by atoms with van der Waals surface area (Å²) in [6.45, 7) is 4.03. The summed E-state index contributed by atoms with van der Waals surface area (Å²) >= 11 is 0. The Morgan fingerprint density at radius 2 is 1.51 bits per heavy atom. The number of rotatable bonds is 6. The molecule has 1 aliphatic heterocycles. The van der Waals surface area contributed by atoms with E-state index in [9.17, 15) is 19.5 Å². The number of phenolic OH excluding ortho intramolecular Hbond substituents is 1. The number of ether oxygens (including phenoxy) is 1. The molecule has 2 amide bonds. The van der Waals surface area contributed by atoms with Gasteiger partial charge in [-0.2, -0.15) is 0 Å². The van der Waals surface area contributed by atoms with E-state index in [-0.39, 0.29) is 30.5 Å². The highest BCUT2D eigenvalue weighted by atomic mass is 16.5. The molecule has 7 heteroatoms. The summed E-state index contributed by atoms with van der Waals surface area (Å²) in [6.07, 6.45) is 0.0631. The van der Waals surface area contributed by atoms with Crippen LogP contribution in [0.3, 0.4) is 0 Å². The van der Waals surface area contributed by atoms with Crippen molar-refractivity contribution in [3.05, 3.63) is 108 Å². The van der Waals surface area contributed by atoms with Crippen molar-refractivity contribution in [2.45, 2.75) is 20.3 Å². The molecule has 1 atom stereocenters. The van der Waals surface area contributed by atoms with Crippen LogP contribution < -0.4 is 15.0 Å². The van der Waals surface area contributed by atoms with Crippen molar-refractivity contribution in [3.63, 3.8) is 0 Å². The van der Waals surface area contributed by atoms with Crippen LogP contribution in [0, 0.1) is 19.8 Å². The largest absolute Gasteiger partial charge is 0.508 e. The molecular formula is C32H28N2O5. The smallest absolute Gasteiger partial charge is 0.316 e. The molecule has 4 aromatic carbocycles. The second-order valence-electron chi connectivity index (χ2n) is 9.72. The topological polar surface area (TPSA) is 95.9 Å². The third kappa shape index (κ3) is 5.83. The molecule has 0 spiro atoms. The Hall–Kier alpha value is -4.91. The fraction of sp³-hybridized carbons (Fsp3) is 0.156. The number of hydrogen-bond donors (Lipinski definition) is 2. The fourth-order valence-corrected chi connectivity index (χ4v) is 4.50. The molecule has 4 aromatic rings. The number of anilines is 2. The summed E-state index contributed by atoms with van der Waals surface area (Å²) in [4.78, 5) is 40.1. The Morgan fingerprint density at radius 3 is 2.18 bits per heavy atom. The van der Waals surface area contributed by atoms with E-state index < -0.39 is 11.9 Å². The van der Waals surface area contributed by atoms with Crippen molar-refractivity contribution in [1.29, 1.82) is 0 Å². The summed E-state index contributed by atoms with van der Waals surface area (Å²) in [7, 11) is 0. The van der Waals surface area contributed by atoms with Crippen LogP contribution in [0.4, 0.5) is 11.4 Å². The van der Waals surface area contributed by atoms with Crippen molar-refractivity contribution < 1.29 is 24.2 Å². The Labute approximate surface area is 226 Å². The van der Waals surface area contributed by atoms with Gasteiger partial charge < -0.3 is 20.1 Å². The molecule has 1 saturated heterocycles. The van der Waals surface area contributed by atoms with Crippen LogP contribution in [0.1, 0.15) is 27.9 Å². The minimum Gasteiger partial charge on any atom is -0.508 e. The molecule has 1 aliphatic rings. The van der Waals surface area contributed by atoms with E-state index in [0.29, 0.717) is 22.7 Å². The summed E-state index contributed by atoms with van der Waals surface area (Å²) in [5.74, 6) is -0.823. The van der Waals surface area contributed by atoms with Crippen LogP contribution >= 0.6 is 0 Å². The second-order valence-corrected chi connectivity index (χ2v) is 9.72.